The highest BCUT2D eigenvalue weighted by Gasteiger charge is 2.24. The van der Waals surface area contributed by atoms with Crippen molar-refractivity contribution in [1.29, 1.82) is 0 Å². The van der Waals surface area contributed by atoms with Crippen molar-refractivity contribution >= 4 is 34.1 Å². The third kappa shape index (κ3) is 5.49. The SMILES string of the molecule is COc1ccc(OC)c(NC(=O)CN2CCc3nc(NC(=O)NC4CCCC4)sc3C2)c1. The minimum absolute atomic E-state index is 0.126. The molecule has 2 aliphatic rings. The number of methoxy groups -OCH3 is 2. The van der Waals surface area contributed by atoms with Gasteiger partial charge in [0.2, 0.25) is 5.91 Å². The molecule has 1 saturated carbocycles. The molecule has 2 aromatic rings. The van der Waals surface area contributed by atoms with Crippen molar-refractivity contribution in [3.05, 3.63) is 28.8 Å². The third-order valence-corrected chi connectivity index (χ3v) is 6.77. The van der Waals surface area contributed by atoms with Gasteiger partial charge in [0.05, 0.1) is 32.1 Å². The summed E-state index contributed by atoms with van der Waals surface area (Å²) in [5, 5.41) is 9.41. The Bertz CT molecular complexity index is 973. The first-order chi connectivity index (χ1) is 15.5. The number of urea groups is 1. The minimum atomic E-state index is -0.188. The van der Waals surface area contributed by atoms with Crippen LogP contribution in [0.5, 0.6) is 11.5 Å². The first-order valence-corrected chi connectivity index (χ1v) is 11.7. The summed E-state index contributed by atoms with van der Waals surface area (Å²) in [6, 6.07) is 5.36. The van der Waals surface area contributed by atoms with Crippen LogP contribution in [0.2, 0.25) is 0 Å². The molecule has 0 bridgehead atoms. The molecule has 4 rings (SSSR count). The first-order valence-electron chi connectivity index (χ1n) is 10.8. The maximum absolute atomic E-state index is 12.6. The molecule has 1 aliphatic heterocycles. The van der Waals surface area contributed by atoms with Crippen molar-refractivity contribution in [3.8, 4) is 11.5 Å². The topological polar surface area (TPSA) is 105 Å². The number of aromatic nitrogens is 1. The Morgan fingerprint density at radius 1 is 1.19 bits per heavy atom. The number of anilines is 2. The summed E-state index contributed by atoms with van der Waals surface area (Å²) in [5.74, 6) is 1.10. The number of rotatable bonds is 7. The molecule has 172 valence electrons. The number of thiazole rings is 1. The van der Waals surface area contributed by atoms with Gasteiger partial charge < -0.3 is 20.1 Å². The zero-order valence-corrected chi connectivity index (χ0v) is 19.2. The lowest BCUT2D eigenvalue weighted by Gasteiger charge is -2.25. The second-order valence-electron chi connectivity index (χ2n) is 8.04. The summed E-state index contributed by atoms with van der Waals surface area (Å²) in [6.07, 6.45) is 5.17. The highest BCUT2D eigenvalue weighted by atomic mass is 32.1. The van der Waals surface area contributed by atoms with Gasteiger partial charge in [-0.1, -0.05) is 12.8 Å². The minimum Gasteiger partial charge on any atom is -0.497 e. The molecule has 1 aliphatic carbocycles. The van der Waals surface area contributed by atoms with Gasteiger partial charge >= 0.3 is 6.03 Å². The van der Waals surface area contributed by atoms with E-state index in [9.17, 15) is 9.59 Å². The van der Waals surface area contributed by atoms with E-state index in [-0.39, 0.29) is 24.5 Å². The van der Waals surface area contributed by atoms with E-state index in [2.05, 4.69) is 25.8 Å². The zero-order valence-electron chi connectivity index (χ0n) is 18.4. The van der Waals surface area contributed by atoms with Crippen LogP contribution < -0.4 is 25.4 Å². The summed E-state index contributed by atoms with van der Waals surface area (Å²) in [6.45, 7) is 1.61. The van der Waals surface area contributed by atoms with E-state index >= 15 is 0 Å². The van der Waals surface area contributed by atoms with E-state index < -0.39 is 0 Å². The molecule has 32 heavy (non-hydrogen) atoms. The average Bonchev–Trinajstić information content (AvgIpc) is 3.42. The Morgan fingerprint density at radius 3 is 2.75 bits per heavy atom. The predicted molar refractivity (Wildman–Crippen MR) is 124 cm³/mol. The Balaban J connectivity index is 1.31. The highest BCUT2D eigenvalue weighted by Crippen LogP contribution is 2.30. The summed E-state index contributed by atoms with van der Waals surface area (Å²) in [4.78, 5) is 32.6. The van der Waals surface area contributed by atoms with Crippen molar-refractivity contribution in [3.63, 3.8) is 0 Å². The number of carbonyl (C=O) groups is 2. The monoisotopic (exact) mass is 459 g/mol. The number of nitrogens with one attached hydrogen (secondary N) is 3. The molecule has 2 heterocycles. The molecule has 3 N–H and O–H groups in total. The number of carbonyl (C=O) groups excluding carboxylic acids is 2. The maximum atomic E-state index is 12.6. The van der Waals surface area contributed by atoms with Crippen LogP contribution in [0.1, 0.15) is 36.3 Å². The van der Waals surface area contributed by atoms with Gasteiger partial charge in [-0.2, -0.15) is 0 Å². The number of nitrogens with zero attached hydrogens (tertiary/aromatic N) is 2. The van der Waals surface area contributed by atoms with Crippen molar-refractivity contribution in [1.82, 2.24) is 15.2 Å². The van der Waals surface area contributed by atoms with Gasteiger partial charge in [-0.15, -0.1) is 11.3 Å². The summed E-state index contributed by atoms with van der Waals surface area (Å²) < 4.78 is 10.6. The summed E-state index contributed by atoms with van der Waals surface area (Å²) >= 11 is 1.47. The van der Waals surface area contributed by atoms with Crippen molar-refractivity contribution < 1.29 is 19.1 Å². The molecule has 0 unspecified atom stereocenters. The number of hydrogen-bond acceptors (Lipinski definition) is 7. The quantitative estimate of drug-likeness (QED) is 0.587. The van der Waals surface area contributed by atoms with Crippen molar-refractivity contribution in [2.45, 2.75) is 44.7 Å². The molecule has 0 radical (unpaired) electrons. The van der Waals surface area contributed by atoms with E-state index in [1.165, 1.54) is 24.2 Å². The van der Waals surface area contributed by atoms with E-state index in [4.69, 9.17) is 9.47 Å². The fourth-order valence-electron chi connectivity index (χ4n) is 4.13. The van der Waals surface area contributed by atoms with Gasteiger partial charge in [-0.05, 0) is 25.0 Å². The van der Waals surface area contributed by atoms with E-state index in [1.807, 2.05) is 0 Å². The van der Waals surface area contributed by atoms with Crippen molar-refractivity contribution in [2.75, 3.05) is 37.9 Å². The van der Waals surface area contributed by atoms with E-state index in [0.29, 0.717) is 28.9 Å². The Morgan fingerprint density at radius 2 is 2.00 bits per heavy atom. The molecule has 0 saturated heterocycles. The largest absolute Gasteiger partial charge is 0.497 e. The van der Waals surface area contributed by atoms with Crippen LogP contribution in [0.25, 0.3) is 0 Å². The molecule has 1 aromatic carbocycles. The van der Waals surface area contributed by atoms with Crippen LogP contribution in [0, 0.1) is 0 Å². The fraction of sp³-hybridized carbons (Fsp3) is 0.500. The van der Waals surface area contributed by atoms with E-state index in [1.54, 1.807) is 32.4 Å². The van der Waals surface area contributed by atoms with Crippen LogP contribution in [0.15, 0.2) is 18.2 Å². The molecule has 1 aromatic heterocycles. The number of benzene rings is 1. The first kappa shape index (κ1) is 22.3. The summed E-state index contributed by atoms with van der Waals surface area (Å²) in [5.41, 5.74) is 1.57. The molecule has 10 heteroatoms. The van der Waals surface area contributed by atoms with Crippen LogP contribution in [-0.2, 0) is 17.8 Å². The van der Waals surface area contributed by atoms with Crippen molar-refractivity contribution in [2.24, 2.45) is 0 Å². The van der Waals surface area contributed by atoms with E-state index in [0.717, 1.165) is 36.4 Å². The smallest absolute Gasteiger partial charge is 0.321 e. The maximum Gasteiger partial charge on any atom is 0.321 e. The van der Waals surface area contributed by atoms with Crippen LogP contribution >= 0.6 is 11.3 Å². The average molecular weight is 460 g/mol. The second-order valence-corrected chi connectivity index (χ2v) is 9.13. The van der Waals surface area contributed by atoms with Gasteiger partial charge in [-0.25, -0.2) is 9.78 Å². The molecule has 1 fully saturated rings. The number of ether oxygens (including phenoxy) is 2. The lowest BCUT2D eigenvalue weighted by Crippen LogP contribution is -2.36. The zero-order chi connectivity index (χ0) is 22.5. The van der Waals surface area contributed by atoms with Gasteiger partial charge in [0.15, 0.2) is 5.13 Å². The Labute approximate surface area is 191 Å². The fourth-order valence-corrected chi connectivity index (χ4v) is 5.18. The standard InChI is InChI=1S/C22H29N5O4S/c1-30-15-7-8-18(31-2)17(11-15)24-20(28)13-27-10-9-16-19(12-27)32-22(25-16)26-21(29)23-14-5-3-4-6-14/h7-8,11,14H,3-6,9-10,12-13H2,1-2H3,(H,24,28)(H2,23,25,26,29). The van der Waals surface area contributed by atoms with Crippen LogP contribution in [-0.4, -0.2) is 55.2 Å². The third-order valence-electron chi connectivity index (χ3n) is 5.77. The van der Waals surface area contributed by atoms with Crippen LogP contribution in [0.3, 0.4) is 0 Å². The Kier molecular flexibility index (Phi) is 7.11. The predicted octanol–water partition coefficient (Wildman–Crippen LogP) is 3.22. The molecular weight excluding hydrogens is 430 g/mol. The molecule has 9 nitrogen and oxygen atoms in total. The highest BCUT2D eigenvalue weighted by molar-refractivity contribution is 7.15. The number of hydrogen-bond donors (Lipinski definition) is 3. The molecule has 0 spiro atoms. The summed E-state index contributed by atoms with van der Waals surface area (Å²) in [7, 11) is 3.14. The molecule has 3 amide bonds. The lowest BCUT2D eigenvalue weighted by molar-refractivity contribution is -0.117. The molecule has 0 atom stereocenters. The number of amides is 3. The normalized spacial score (nSPS) is 16.3. The second kappa shape index (κ2) is 10.2. The van der Waals surface area contributed by atoms with Gasteiger partial charge in [0.25, 0.3) is 0 Å². The van der Waals surface area contributed by atoms with Crippen LogP contribution in [0.4, 0.5) is 15.6 Å². The van der Waals surface area contributed by atoms with Gasteiger partial charge in [0.1, 0.15) is 11.5 Å². The molecular formula is C22H29N5O4S. The van der Waals surface area contributed by atoms with Gasteiger partial charge in [-0.3, -0.25) is 15.0 Å². The Hall–Kier alpha value is -2.85. The number of fused-ring (bicyclic) bond motifs is 1. The lowest BCUT2D eigenvalue weighted by atomic mass is 10.2. The van der Waals surface area contributed by atoms with Gasteiger partial charge in [0, 0.05) is 36.5 Å².